The lowest BCUT2D eigenvalue weighted by molar-refractivity contribution is 0.470. The first kappa shape index (κ1) is 16.8. The van der Waals surface area contributed by atoms with E-state index in [1.165, 1.54) is 11.9 Å². The summed E-state index contributed by atoms with van der Waals surface area (Å²) in [6.07, 6.45) is 2.34. The van der Waals surface area contributed by atoms with Crippen LogP contribution in [0.4, 0.5) is 11.5 Å². The number of nitrogens with one attached hydrogen (secondary N) is 1. The summed E-state index contributed by atoms with van der Waals surface area (Å²) >= 11 is 0. The molecule has 3 N–H and O–H groups in total. The number of anilines is 2. The lowest BCUT2D eigenvalue weighted by atomic mass is 10.1. The van der Waals surface area contributed by atoms with E-state index < -0.39 is 0 Å². The Hall–Kier alpha value is -3.60. The smallest absolute Gasteiger partial charge is 0.248 e. The van der Waals surface area contributed by atoms with Crippen LogP contribution in [0.2, 0.25) is 0 Å². The van der Waals surface area contributed by atoms with E-state index >= 15 is 0 Å². The molecule has 0 aliphatic rings. The molecule has 5 nitrogen and oxygen atoms in total. The number of nitrogen functional groups attached to an aromatic ring is 1. The summed E-state index contributed by atoms with van der Waals surface area (Å²) in [5.74, 6) is 1.65. The van der Waals surface area contributed by atoms with Gasteiger partial charge in [-0.25, -0.2) is 4.98 Å². The van der Waals surface area contributed by atoms with Gasteiger partial charge in [-0.3, -0.25) is 0 Å². The van der Waals surface area contributed by atoms with Crippen LogP contribution in [-0.4, -0.2) is 16.5 Å². The Labute approximate surface area is 157 Å². The SMILES string of the molecule is Nc1c(NCCc2ccccc2)ncnc1Oc1cccc2ccccc12. The molecule has 0 saturated heterocycles. The quantitative estimate of drug-likeness (QED) is 0.526. The summed E-state index contributed by atoms with van der Waals surface area (Å²) in [5.41, 5.74) is 7.90. The van der Waals surface area contributed by atoms with E-state index in [2.05, 4.69) is 27.4 Å². The van der Waals surface area contributed by atoms with E-state index in [1.54, 1.807) is 0 Å². The molecule has 3 aromatic carbocycles. The lowest BCUT2D eigenvalue weighted by Gasteiger charge is -2.13. The van der Waals surface area contributed by atoms with Crippen molar-refractivity contribution in [1.82, 2.24) is 9.97 Å². The maximum atomic E-state index is 6.24. The summed E-state index contributed by atoms with van der Waals surface area (Å²) in [4.78, 5) is 8.46. The van der Waals surface area contributed by atoms with Gasteiger partial charge in [-0.15, -0.1) is 0 Å². The summed E-state index contributed by atoms with van der Waals surface area (Å²) in [7, 11) is 0. The van der Waals surface area contributed by atoms with Crippen LogP contribution in [0.1, 0.15) is 5.56 Å². The van der Waals surface area contributed by atoms with Gasteiger partial charge in [-0.1, -0.05) is 66.7 Å². The monoisotopic (exact) mass is 356 g/mol. The van der Waals surface area contributed by atoms with Gasteiger partial charge in [-0.2, -0.15) is 4.98 Å². The molecule has 0 radical (unpaired) electrons. The Bertz CT molecular complexity index is 1050. The van der Waals surface area contributed by atoms with Crippen molar-refractivity contribution in [2.45, 2.75) is 6.42 Å². The van der Waals surface area contributed by atoms with Gasteiger partial charge >= 0.3 is 0 Å². The number of nitrogens with two attached hydrogens (primary N) is 1. The van der Waals surface area contributed by atoms with Gasteiger partial charge in [0.15, 0.2) is 5.82 Å². The fraction of sp³-hybridized carbons (Fsp3) is 0.0909. The van der Waals surface area contributed by atoms with Crippen molar-refractivity contribution in [1.29, 1.82) is 0 Å². The van der Waals surface area contributed by atoms with E-state index in [4.69, 9.17) is 10.5 Å². The van der Waals surface area contributed by atoms with Gasteiger partial charge in [0.2, 0.25) is 5.88 Å². The van der Waals surface area contributed by atoms with Crippen molar-refractivity contribution >= 4 is 22.3 Å². The molecule has 0 aliphatic carbocycles. The fourth-order valence-corrected chi connectivity index (χ4v) is 2.96. The van der Waals surface area contributed by atoms with Gasteiger partial charge < -0.3 is 15.8 Å². The molecule has 27 heavy (non-hydrogen) atoms. The molecule has 4 rings (SSSR count). The summed E-state index contributed by atoms with van der Waals surface area (Å²) in [6, 6.07) is 24.2. The summed E-state index contributed by atoms with van der Waals surface area (Å²) < 4.78 is 6.01. The van der Waals surface area contributed by atoms with Crippen LogP contribution in [0.3, 0.4) is 0 Å². The van der Waals surface area contributed by atoms with Gasteiger partial charge in [0, 0.05) is 11.9 Å². The van der Waals surface area contributed by atoms with Crippen LogP contribution in [0.15, 0.2) is 79.1 Å². The topological polar surface area (TPSA) is 73.1 Å². The molecule has 0 atom stereocenters. The van der Waals surface area contributed by atoms with Crippen LogP contribution >= 0.6 is 0 Å². The third kappa shape index (κ3) is 3.82. The molecule has 0 spiro atoms. The van der Waals surface area contributed by atoms with Crippen molar-refractivity contribution in [2.24, 2.45) is 0 Å². The van der Waals surface area contributed by atoms with Crippen LogP contribution in [-0.2, 0) is 6.42 Å². The van der Waals surface area contributed by atoms with E-state index in [9.17, 15) is 0 Å². The molecule has 5 heteroatoms. The molecule has 4 aromatic rings. The van der Waals surface area contributed by atoms with Crippen molar-refractivity contribution in [3.8, 4) is 11.6 Å². The van der Waals surface area contributed by atoms with Gasteiger partial charge in [0.1, 0.15) is 17.8 Å². The number of rotatable bonds is 6. The molecule has 0 aliphatic heterocycles. The van der Waals surface area contributed by atoms with E-state index in [0.717, 1.165) is 23.7 Å². The number of nitrogens with zero attached hydrogens (tertiary/aromatic N) is 2. The average Bonchev–Trinajstić information content (AvgIpc) is 2.72. The maximum absolute atomic E-state index is 6.24. The van der Waals surface area contributed by atoms with Crippen molar-refractivity contribution in [3.05, 3.63) is 84.7 Å². The van der Waals surface area contributed by atoms with E-state index in [1.807, 2.05) is 60.7 Å². The Kier molecular flexibility index (Phi) is 4.83. The second-order valence-corrected chi connectivity index (χ2v) is 6.18. The van der Waals surface area contributed by atoms with Gasteiger partial charge in [0.05, 0.1) is 0 Å². The standard InChI is InChI=1S/C22H20N4O/c23-20-21(24-14-13-16-7-2-1-3-8-16)25-15-26-22(20)27-19-12-6-10-17-9-4-5-11-18(17)19/h1-12,15H,13-14,23H2,(H,24,25,26). The normalized spacial score (nSPS) is 10.7. The zero-order chi connectivity index (χ0) is 18.5. The lowest BCUT2D eigenvalue weighted by Crippen LogP contribution is -2.09. The first-order valence-electron chi connectivity index (χ1n) is 8.85. The number of ether oxygens (including phenoxy) is 1. The first-order chi connectivity index (χ1) is 13.3. The second kappa shape index (κ2) is 7.74. The number of hydrogen-bond acceptors (Lipinski definition) is 5. The zero-order valence-electron chi connectivity index (χ0n) is 14.8. The maximum Gasteiger partial charge on any atom is 0.248 e. The van der Waals surface area contributed by atoms with Gasteiger partial charge in [-0.05, 0) is 23.4 Å². The minimum absolute atomic E-state index is 0.351. The Balaban J connectivity index is 1.51. The molecule has 0 amide bonds. The molecule has 1 heterocycles. The third-order valence-corrected chi connectivity index (χ3v) is 4.35. The summed E-state index contributed by atoms with van der Waals surface area (Å²) in [6.45, 7) is 0.721. The van der Waals surface area contributed by atoms with Crippen LogP contribution in [0, 0.1) is 0 Å². The van der Waals surface area contributed by atoms with Crippen molar-refractivity contribution in [2.75, 3.05) is 17.6 Å². The number of fused-ring (bicyclic) bond motifs is 1. The van der Waals surface area contributed by atoms with Crippen molar-refractivity contribution in [3.63, 3.8) is 0 Å². The highest BCUT2D eigenvalue weighted by molar-refractivity contribution is 5.88. The van der Waals surface area contributed by atoms with Crippen LogP contribution in [0.5, 0.6) is 11.6 Å². The van der Waals surface area contributed by atoms with E-state index in [0.29, 0.717) is 23.1 Å². The van der Waals surface area contributed by atoms with Gasteiger partial charge in [0.25, 0.3) is 0 Å². The fourth-order valence-electron chi connectivity index (χ4n) is 2.96. The first-order valence-corrected chi connectivity index (χ1v) is 8.85. The van der Waals surface area contributed by atoms with Crippen LogP contribution < -0.4 is 15.8 Å². The zero-order valence-corrected chi connectivity index (χ0v) is 14.8. The highest BCUT2D eigenvalue weighted by atomic mass is 16.5. The molecule has 0 unspecified atom stereocenters. The highest BCUT2D eigenvalue weighted by Gasteiger charge is 2.11. The minimum Gasteiger partial charge on any atom is -0.436 e. The number of aromatic nitrogens is 2. The highest BCUT2D eigenvalue weighted by Crippen LogP contribution is 2.33. The molecule has 0 saturated carbocycles. The number of benzene rings is 3. The largest absolute Gasteiger partial charge is 0.436 e. The molecule has 1 aromatic heterocycles. The Morgan fingerprint density at radius 3 is 2.52 bits per heavy atom. The average molecular weight is 356 g/mol. The molecule has 0 fully saturated rings. The molecular weight excluding hydrogens is 336 g/mol. The van der Waals surface area contributed by atoms with Crippen LogP contribution in [0.25, 0.3) is 10.8 Å². The number of hydrogen-bond donors (Lipinski definition) is 2. The molecular formula is C22H20N4O. The predicted octanol–water partition coefficient (Wildman–Crippen LogP) is 4.66. The predicted molar refractivity (Wildman–Crippen MR) is 109 cm³/mol. The molecule has 134 valence electrons. The van der Waals surface area contributed by atoms with Crippen molar-refractivity contribution < 1.29 is 4.74 Å². The molecule has 0 bridgehead atoms. The van der Waals surface area contributed by atoms with E-state index in [-0.39, 0.29) is 0 Å². The second-order valence-electron chi connectivity index (χ2n) is 6.18. The Morgan fingerprint density at radius 1 is 0.852 bits per heavy atom. The Morgan fingerprint density at radius 2 is 1.63 bits per heavy atom. The summed E-state index contributed by atoms with van der Waals surface area (Å²) in [5, 5.41) is 5.38. The third-order valence-electron chi connectivity index (χ3n) is 4.35. The minimum atomic E-state index is 0.351.